The monoisotopic (exact) mass is 731 g/mol. The quantitative estimate of drug-likeness (QED) is 0.290. The highest BCUT2D eigenvalue weighted by atomic mass is 35.5. The summed E-state index contributed by atoms with van der Waals surface area (Å²) in [7, 11) is -1.75. The van der Waals surface area contributed by atoms with Gasteiger partial charge < -0.3 is 14.4 Å². The Morgan fingerprint density at radius 2 is 2.02 bits per heavy atom. The number of aromatic nitrogens is 2. The van der Waals surface area contributed by atoms with Crippen LogP contribution < -0.4 is 14.4 Å². The lowest BCUT2D eigenvalue weighted by atomic mass is 9.68. The fourth-order valence-electron chi connectivity index (χ4n) is 8.57. The summed E-state index contributed by atoms with van der Waals surface area (Å²) in [5.41, 5.74) is 3.71. The molecule has 6 atom stereocenters. The fourth-order valence-corrected chi connectivity index (χ4v) is 10.7. The molecule has 3 aromatic rings. The number of hydrogen-bond acceptors (Lipinski definition) is 7. The van der Waals surface area contributed by atoms with Crippen LogP contribution in [0, 0.1) is 17.8 Å². The molecule has 8 rings (SSSR count). The van der Waals surface area contributed by atoms with Crippen molar-refractivity contribution in [2.24, 2.45) is 22.1 Å². The summed E-state index contributed by atoms with van der Waals surface area (Å²) < 4.78 is 36.0. The van der Waals surface area contributed by atoms with Gasteiger partial charge in [0.25, 0.3) is 11.8 Å². The number of fused-ring (bicyclic) bond motifs is 4. The molecule has 2 aliphatic heterocycles. The van der Waals surface area contributed by atoms with Gasteiger partial charge >= 0.3 is 0 Å². The minimum Gasteiger partial charge on any atom is -0.490 e. The Kier molecular flexibility index (Phi) is 9.25. The van der Waals surface area contributed by atoms with E-state index in [0.29, 0.717) is 47.8 Å². The maximum atomic E-state index is 14.6. The molecule has 2 bridgehead atoms. The van der Waals surface area contributed by atoms with Crippen molar-refractivity contribution >= 4 is 39.0 Å². The summed E-state index contributed by atoms with van der Waals surface area (Å²) in [6, 6.07) is 11.9. The van der Waals surface area contributed by atoms with Crippen molar-refractivity contribution in [1.29, 1.82) is 0 Å². The number of ether oxygens (including phenoxy) is 2. The highest BCUT2D eigenvalue weighted by Gasteiger charge is 2.44. The molecule has 2 saturated carbocycles. The van der Waals surface area contributed by atoms with E-state index < -0.39 is 21.7 Å². The van der Waals surface area contributed by atoms with Crippen LogP contribution in [0.3, 0.4) is 0 Å². The second-order valence-electron chi connectivity index (χ2n) is 15.3. The smallest absolute Gasteiger partial charge is 0.286 e. The molecule has 3 aliphatic carbocycles. The van der Waals surface area contributed by atoms with Gasteiger partial charge in [-0.15, -0.1) is 4.36 Å². The van der Waals surface area contributed by atoms with Gasteiger partial charge in [-0.25, -0.2) is 4.21 Å². The van der Waals surface area contributed by atoms with E-state index in [-0.39, 0.29) is 23.2 Å². The molecule has 5 aliphatic rings. The second-order valence-corrected chi connectivity index (χ2v) is 17.8. The zero-order chi connectivity index (χ0) is 35.3. The van der Waals surface area contributed by atoms with E-state index in [1.54, 1.807) is 24.1 Å². The Balaban J connectivity index is 1.18. The summed E-state index contributed by atoms with van der Waals surface area (Å²) in [4.78, 5) is 29.8. The van der Waals surface area contributed by atoms with Crippen molar-refractivity contribution in [3.63, 3.8) is 0 Å². The minimum absolute atomic E-state index is 0.0153. The molecular weight excluding hydrogens is 686 g/mol. The summed E-state index contributed by atoms with van der Waals surface area (Å²) in [6.07, 6.45) is 15.1. The van der Waals surface area contributed by atoms with Crippen LogP contribution in [0.15, 0.2) is 65.3 Å². The molecule has 0 radical (unpaired) electrons. The summed E-state index contributed by atoms with van der Waals surface area (Å²) in [6.45, 7) is 3.98. The van der Waals surface area contributed by atoms with E-state index in [4.69, 9.17) is 21.1 Å². The van der Waals surface area contributed by atoms with Crippen LogP contribution in [-0.4, -0.2) is 64.5 Å². The van der Waals surface area contributed by atoms with Crippen molar-refractivity contribution in [3.05, 3.63) is 88.2 Å². The van der Waals surface area contributed by atoms with Crippen LogP contribution in [0.25, 0.3) is 0 Å². The van der Waals surface area contributed by atoms with Gasteiger partial charge in [-0.2, -0.15) is 5.10 Å². The largest absolute Gasteiger partial charge is 0.490 e. The number of benzene rings is 2. The van der Waals surface area contributed by atoms with E-state index in [2.05, 4.69) is 43.4 Å². The molecule has 1 spiro atoms. The average Bonchev–Trinajstić information content (AvgIpc) is 3.85. The Bertz CT molecular complexity index is 2000. The predicted molar refractivity (Wildman–Crippen MR) is 198 cm³/mol. The molecule has 2 fully saturated rings. The molecular formula is C39H46ClN5O5S. The lowest BCUT2D eigenvalue weighted by molar-refractivity contribution is 0.0131. The number of anilines is 1. The number of rotatable bonds is 4. The first-order valence-corrected chi connectivity index (χ1v) is 20.3. The first-order chi connectivity index (χ1) is 24.6. The van der Waals surface area contributed by atoms with Crippen LogP contribution in [0.5, 0.6) is 5.75 Å². The summed E-state index contributed by atoms with van der Waals surface area (Å²) in [5, 5.41) is 5.06. The first-order valence-electron chi connectivity index (χ1n) is 18.3. The van der Waals surface area contributed by atoms with Crippen LogP contribution >= 0.6 is 11.6 Å². The van der Waals surface area contributed by atoms with Crippen LogP contribution in [0.4, 0.5) is 5.69 Å². The minimum atomic E-state index is -3.52. The molecule has 0 saturated heterocycles. The van der Waals surface area contributed by atoms with E-state index in [1.165, 1.54) is 17.3 Å². The van der Waals surface area contributed by atoms with Crippen molar-refractivity contribution < 1.29 is 23.3 Å². The van der Waals surface area contributed by atoms with Crippen LogP contribution in [0.2, 0.25) is 5.02 Å². The first kappa shape index (κ1) is 34.4. The fraction of sp³-hybridized carbons (Fsp3) is 0.513. The SMILES string of the molecule is CO[C@H]1/C=C/C[C@H](C)CS(=O)(NC(=O)c2cnn(C3CC3)c2)=NC(=O)c2ccc3c(c2)N(C[C@@H]2CC[C@H]21)C[C@@]1(CCCc2cc(Cl)ccc21)CO3. The highest BCUT2D eigenvalue weighted by Crippen LogP contribution is 2.47. The number of allylic oxidation sites excluding steroid dienone is 1. The zero-order valence-electron chi connectivity index (χ0n) is 29.3. The lowest BCUT2D eigenvalue weighted by Gasteiger charge is -2.46. The van der Waals surface area contributed by atoms with Gasteiger partial charge in [0.15, 0.2) is 0 Å². The Hall–Kier alpha value is -3.67. The maximum Gasteiger partial charge on any atom is 0.286 e. The van der Waals surface area contributed by atoms with Gasteiger partial charge in [-0.3, -0.25) is 19.0 Å². The molecule has 270 valence electrons. The van der Waals surface area contributed by atoms with E-state index in [9.17, 15) is 13.8 Å². The normalized spacial score (nSPS) is 31.3. The van der Waals surface area contributed by atoms with Gasteiger partial charge in [0.05, 0.1) is 42.0 Å². The third-order valence-corrected chi connectivity index (χ3v) is 13.8. The molecule has 51 heavy (non-hydrogen) atoms. The third kappa shape index (κ3) is 6.97. The molecule has 1 N–H and O–H groups in total. The molecule has 12 heteroatoms. The molecule has 3 heterocycles. The number of nitrogens with zero attached hydrogens (tertiary/aromatic N) is 4. The number of carbonyl (C=O) groups is 2. The molecule has 1 aromatic heterocycles. The molecule has 10 nitrogen and oxygen atoms in total. The molecule has 1 unspecified atom stereocenters. The highest BCUT2D eigenvalue weighted by molar-refractivity contribution is 7.92. The zero-order valence-corrected chi connectivity index (χ0v) is 30.8. The standard InChI is InChI=1S/C39H46ClN5O5S/c1-25-5-3-7-35(49-2)32-13-8-28(32)20-44-23-39(16-4-6-26-17-30(40)10-14-33(26)39)24-50-36-15-9-27(18-34(36)44)37(46)42-51(48,22-25)43-38(47)29-19-41-45(21-29)31-11-12-31/h3,7,9-10,14-15,17-19,21,25,28,31-32,35H,4-6,8,11-13,16,20,22-24H2,1-2H3,(H,42,43,46,47,48)/b7-3+/t25-,28-,32+,35-,39-,51?/m0/s1. The van der Waals surface area contributed by atoms with Crippen LogP contribution in [0.1, 0.15) is 89.8 Å². The van der Waals surface area contributed by atoms with Gasteiger partial charge in [-0.05, 0) is 111 Å². The molecule has 2 amide bonds. The number of amides is 2. The number of methoxy groups -OCH3 is 1. The van der Waals surface area contributed by atoms with Gasteiger partial charge in [0, 0.05) is 42.4 Å². The molecule has 2 aromatic carbocycles. The summed E-state index contributed by atoms with van der Waals surface area (Å²) in [5.74, 6) is 0.129. The Morgan fingerprint density at radius 3 is 2.80 bits per heavy atom. The summed E-state index contributed by atoms with van der Waals surface area (Å²) >= 11 is 6.46. The lowest BCUT2D eigenvalue weighted by Crippen LogP contribution is -2.49. The number of carbonyl (C=O) groups excluding carboxylic acids is 2. The number of hydrogen-bond donors (Lipinski definition) is 1. The van der Waals surface area contributed by atoms with Gasteiger partial charge in [0.1, 0.15) is 15.7 Å². The van der Waals surface area contributed by atoms with E-state index >= 15 is 0 Å². The second kappa shape index (κ2) is 13.7. The van der Waals surface area contributed by atoms with Gasteiger partial charge in [0.2, 0.25) is 0 Å². The van der Waals surface area contributed by atoms with Crippen molar-refractivity contribution in [1.82, 2.24) is 14.5 Å². The third-order valence-electron chi connectivity index (χ3n) is 11.6. The number of nitrogens with one attached hydrogen (secondary N) is 1. The maximum absolute atomic E-state index is 14.6. The van der Waals surface area contributed by atoms with Crippen LogP contribution in [-0.2, 0) is 26.5 Å². The van der Waals surface area contributed by atoms with Crippen molar-refractivity contribution in [2.75, 3.05) is 37.5 Å². The topological polar surface area (TPSA) is 115 Å². The Labute approximate surface area is 305 Å². The van der Waals surface area contributed by atoms with E-state index in [1.807, 2.05) is 25.1 Å². The Morgan fingerprint density at radius 1 is 1.16 bits per heavy atom. The van der Waals surface area contributed by atoms with Crippen molar-refractivity contribution in [3.8, 4) is 5.75 Å². The average molecular weight is 732 g/mol. The predicted octanol–water partition coefficient (Wildman–Crippen LogP) is 6.93. The van der Waals surface area contributed by atoms with E-state index in [0.717, 1.165) is 68.7 Å². The van der Waals surface area contributed by atoms with Crippen molar-refractivity contribution in [2.45, 2.75) is 75.9 Å². The number of aryl methyl sites for hydroxylation is 1. The van der Waals surface area contributed by atoms with Gasteiger partial charge in [-0.1, -0.05) is 36.7 Å². The number of halogens is 1.